The van der Waals surface area contributed by atoms with Gasteiger partial charge < -0.3 is 9.47 Å². The average Bonchev–Trinajstić information content (AvgIpc) is 2.74. The molecule has 0 bridgehead atoms. The van der Waals surface area contributed by atoms with Crippen LogP contribution in [-0.2, 0) is 14.8 Å². The van der Waals surface area contributed by atoms with Crippen molar-refractivity contribution >= 4 is 21.4 Å². The van der Waals surface area contributed by atoms with Crippen LogP contribution in [0.25, 0.3) is 0 Å². The third-order valence-electron chi connectivity index (χ3n) is 2.17. The molecule has 1 rings (SSSR count). The summed E-state index contributed by atoms with van der Waals surface area (Å²) in [4.78, 5) is 0. The molecule has 0 amide bonds. The van der Waals surface area contributed by atoms with E-state index in [2.05, 4.69) is 4.72 Å². The van der Waals surface area contributed by atoms with Crippen LogP contribution in [0.5, 0.6) is 5.75 Å². The summed E-state index contributed by atoms with van der Waals surface area (Å²) in [6, 6.07) is 1.46. The molecule has 0 aromatic carbocycles. The normalized spacial score (nSPS) is 13.6. The fraction of sp³-hybridized carbons (Fsp3) is 0.600. The Labute approximate surface area is 106 Å². The molecular formula is C10H17NO4S2. The van der Waals surface area contributed by atoms with Gasteiger partial charge in [-0.2, -0.15) is 0 Å². The maximum absolute atomic E-state index is 12.0. The number of thiophene rings is 1. The molecular weight excluding hydrogens is 262 g/mol. The summed E-state index contributed by atoms with van der Waals surface area (Å²) in [6.07, 6.45) is 0.628. The molecule has 0 aliphatic heterocycles. The van der Waals surface area contributed by atoms with E-state index >= 15 is 0 Å². The fourth-order valence-electron chi connectivity index (χ4n) is 1.30. The van der Waals surface area contributed by atoms with Gasteiger partial charge in [-0.15, -0.1) is 11.3 Å². The predicted molar refractivity (Wildman–Crippen MR) is 67.1 cm³/mol. The lowest BCUT2D eigenvalue weighted by atomic mass is 10.3. The van der Waals surface area contributed by atoms with Gasteiger partial charge in [0.2, 0.25) is 0 Å². The number of rotatable bonds is 7. The third kappa shape index (κ3) is 3.95. The quantitative estimate of drug-likeness (QED) is 0.820. The number of hydrogen-bond donors (Lipinski definition) is 1. The van der Waals surface area contributed by atoms with Crippen molar-refractivity contribution in [3.8, 4) is 5.75 Å². The number of hydrogen-bond acceptors (Lipinski definition) is 5. The molecule has 1 heterocycles. The highest BCUT2D eigenvalue weighted by molar-refractivity contribution is 7.91. The molecule has 1 aromatic heterocycles. The van der Waals surface area contributed by atoms with Gasteiger partial charge in [-0.1, -0.05) is 0 Å². The SMILES string of the molecule is COCCC(C)NS(=O)(=O)c1sccc1OC. The molecule has 0 spiro atoms. The fourth-order valence-corrected chi connectivity index (χ4v) is 3.87. The summed E-state index contributed by atoms with van der Waals surface area (Å²) in [6.45, 7) is 2.32. The molecule has 1 aromatic rings. The van der Waals surface area contributed by atoms with E-state index in [-0.39, 0.29) is 10.3 Å². The zero-order valence-corrected chi connectivity index (χ0v) is 11.7. The molecule has 0 aliphatic carbocycles. The van der Waals surface area contributed by atoms with Crippen molar-refractivity contribution in [1.82, 2.24) is 4.72 Å². The van der Waals surface area contributed by atoms with Gasteiger partial charge in [-0.3, -0.25) is 0 Å². The van der Waals surface area contributed by atoms with Gasteiger partial charge >= 0.3 is 0 Å². The van der Waals surface area contributed by atoms with Gasteiger partial charge in [0.1, 0.15) is 5.75 Å². The van der Waals surface area contributed by atoms with E-state index in [0.29, 0.717) is 18.8 Å². The molecule has 0 saturated carbocycles. The minimum Gasteiger partial charge on any atom is -0.494 e. The Kier molecular flexibility index (Phi) is 5.38. The lowest BCUT2D eigenvalue weighted by molar-refractivity contribution is 0.188. The molecule has 0 aliphatic rings. The Hall–Kier alpha value is -0.630. The first-order valence-corrected chi connectivity index (χ1v) is 7.50. The van der Waals surface area contributed by atoms with Gasteiger partial charge in [0.15, 0.2) is 4.21 Å². The van der Waals surface area contributed by atoms with Gasteiger partial charge in [-0.05, 0) is 24.8 Å². The molecule has 1 atom stereocenters. The van der Waals surface area contributed by atoms with E-state index in [1.54, 1.807) is 25.5 Å². The van der Waals surface area contributed by atoms with Gasteiger partial charge in [0, 0.05) is 19.8 Å². The van der Waals surface area contributed by atoms with Crippen molar-refractivity contribution in [3.05, 3.63) is 11.4 Å². The summed E-state index contributed by atoms with van der Waals surface area (Å²) in [5.41, 5.74) is 0. The van der Waals surface area contributed by atoms with Gasteiger partial charge in [0.25, 0.3) is 10.0 Å². The Morgan fingerprint density at radius 2 is 2.18 bits per heavy atom. The van der Waals surface area contributed by atoms with Crippen molar-refractivity contribution in [2.75, 3.05) is 20.8 Å². The Morgan fingerprint density at radius 1 is 1.47 bits per heavy atom. The zero-order valence-electron chi connectivity index (χ0n) is 10.1. The van der Waals surface area contributed by atoms with E-state index < -0.39 is 10.0 Å². The number of sulfonamides is 1. The summed E-state index contributed by atoms with van der Waals surface area (Å²) < 4.78 is 36.8. The van der Waals surface area contributed by atoms with Crippen LogP contribution < -0.4 is 9.46 Å². The zero-order chi connectivity index (χ0) is 12.9. The lowest BCUT2D eigenvalue weighted by Crippen LogP contribution is -2.33. The smallest absolute Gasteiger partial charge is 0.254 e. The van der Waals surface area contributed by atoms with Gasteiger partial charge in [0.05, 0.1) is 7.11 Å². The van der Waals surface area contributed by atoms with Crippen LogP contribution in [0.1, 0.15) is 13.3 Å². The first-order chi connectivity index (χ1) is 8.01. The number of ether oxygens (including phenoxy) is 2. The Morgan fingerprint density at radius 3 is 2.76 bits per heavy atom. The van der Waals surface area contributed by atoms with Crippen LogP contribution in [0.2, 0.25) is 0 Å². The molecule has 1 unspecified atom stereocenters. The highest BCUT2D eigenvalue weighted by atomic mass is 32.2. The molecule has 0 radical (unpaired) electrons. The largest absolute Gasteiger partial charge is 0.494 e. The highest BCUT2D eigenvalue weighted by Gasteiger charge is 2.22. The highest BCUT2D eigenvalue weighted by Crippen LogP contribution is 2.29. The third-order valence-corrected chi connectivity index (χ3v) is 5.21. The number of nitrogens with one attached hydrogen (secondary N) is 1. The maximum atomic E-state index is 12.0. The van der Waals surface area contributed by atoms with Gasteiger partial charge in [-0.25, -0.2) is 13.1 Å². The summed E-state index contributed by atoms with van der Waals surface area (Å²) in [5, 5.41) is 1.69. The standard InChI is InChI=1S/C10H17NO4S2/c1-8(4-6-14-2)11-17(12,13)10-9(15-3)5-7-16-10/h5,7-8,11H,4,6H2,1-3H3. The van der Waals surface area contributed by atoms with Crippen LogP contribution in [0.4, 0.5) is 0 Å². The molecule has 7 heteroatoms. The van der Waals surface area contributed by atoms with E-state index in [4.69, 9.17) is 9.47 Å². The molecule has 1 N–H and O–H groups in total. The van der Waals surface area contributed by atoms with Crippen molar-refractivity contribution in [1.29, 1.82) is 0 Å². The molecule has 98 valence electrons. The number of methoxy groups -OCH3 is 2. The lowest BCUT2D eigenvalue weighted by Gasteiger charge is -2.13. The second kappa shape index (κ2) is 6.34. The van der Waals surface area contributed by atoms with Crippen molar-refractivity contribution in [3.63, 3.8) is 0 Å². The molecule has 0 fully saturated rings. The minimum atomic E-state index is -3.50. The van der Waals surface area contributed by atoms with E-state index in [9.17, 15) is 8.42 Å². The van der Waals surface area contributed by atoms with Crippen LogP contribution in [0.3, 0.4) is 0 Å². The van der Waals surface area contributed by atoms with E-state index in [1.165, 1.54) is 7.11 Å². The monoisotopic (exact) mass is 279 g/mol. The van der Waals surface area contributed by atoms with Crippen molar-refractivity contribution < 1.29 is 17.9 Å². The Bertz CT molecular complexity index is 441. The van der Waals surface area contributed by atoms with Crippen LogP contribution in [-0.4, -0.2) is 35.3 Å². The van der Waals surface area contributed by atoms with Crippen molar-refractivity contribution in [2.45, 2.75) is 23.6 Å². The maximum Gasteiger partial charge on any atom is 0.254 e. The van der Waals surface area contributed by atoms with Crippen LogP contribution >= 0.6 is 11.3 Å². The average molecular weight is 279 g/mol. The second-order valence-electron chi connectivity index (χ2n) is 3.58. The predicted octanol–water partition coefficient (Wildman–Crippen LogP) is 1.46. The minimum absolute atomic E-state index is 0.174. The molecule has 0 saturated heterocycles. The van der Waals surface area contributed by atoms with E-state index in [1.807, 2.05) is 0 Å². The first-order valence-electron chi connectivity index (χ1n) is 5.14. The van der Waals surface area contributed by atoms with Crippen LogP contribution in [0, 0.1) is 0 Å². The Balaban J connectivity index is 2.75. The first kappa shape index (κ1) is 14.4. The summed E-state index contributed by atoms with van der Waals surface area (Å²) >= 11 is 1.14. The molecule has 17 heavy (non-hydrogen) atoms. The topological polar surface area (TPSA) is 64.6 Å². The molecule has 5 nitrogen and oxygen atoms in total. The second-order valence-corrected chi connectivity index (χ2v) is 6.41. The summed E-state index contributed by atoms with van der Waals surface area (Å²) in [7, 11) is -0.461. The summed E-state index contributed by atoms with van der Waals surface area (Å²) in [5.74, 6) is 0.376. The van der Waals surface area contributed by atoms with Crippen molar-refractivity contribution in [2.24, 2.45) is 0 Å². The van der Waals surface area contributed by atoms with E-state index in [0.717, 1.165) is 11.3 Å². The van der Waals surface area contributed by atoms with Crippen LogP contribution in [0.15, 0.2) is 15.7 Å².